The minimum atomic E-state index is -0.425. The number of ether oxygens (including phenoxy) is 3. The van der Waals surface area contributed by atoms with Crippen molar-refractivity contribution in [2.45, 2.75) is 13.5 Å². The molecule has 1 aliphatic rings. The van der Waals surface area contributed by atoms with E-state index in [9.17, 15) is 9.59 Å². The molecule has 0 aliphatic carbocycles. The standard InChI is InChI=1S/C27H28N2O5/c1-2-33-27(31)22-10-13-25(29-14-16-32-17-15-29)24(18-22)28-26(30)21-8-11-23(12-9-21)34-19-20-6-4-3-5-7-20/h3-13,18H,2,14-17,19H2,1H3,(H,28,30). The third-order valence-electron chi connectivity index (χ3n) is 5.47. The van der Waals surface area contributed by atoms with Crippen molar-refractivity contribution in [1.82, 2.24) is 0 Å². The summed E-state index contributed by atoms with van der Waals surface area (Å²) in [5.41, 5.74) is 3.34. The predicted molar refractivity (Wildman–Crippen MR) is 131 cm³/mol. The van der Waals surface area contributed by atoms with Gasteiger partial charge in [0.15, 0.2) is 0 Å². The van der Waals surface area contributed by atoms with Gasteiger partial charge in [-0.3, -0.25) is 4.79 Å². The molecule has 3 aromatic rings. The van der Waals surface area contributed by atoms with Gasteiger partial charge in [0, 0.05) is 18.7 Å². The fourth-order valence-corrected chi connectivity index (χ4v) is 3.70. The van der Waals surface area contributed by atoms with Crippen LogP contribution in [0.2, 0.25) is 0 Å². The van der Waals surface area contributed by atoms with Gasteiger partial charge in [0.05, 0.1) is 36.8 Å². The van der Waals surface area contributed by atoms with Gasteiger partial charge in [-0.15, -0.1) is 0 Å². The third-order valence-corrected chi connectivity index (χ3v) is 5.47. The van der Waals surface area contributed by atoms with Gasteiger partial charge in [-0.25, -0.2) is 4.79 Å². The number of morpholine rings is 1. The summed E-state index contributed by atoms with van der Waals surface area (Å²) in [5, 5.41) is 2.97. The molecule has 1 amide bonds. The van der Waals surface area contributed by atoms with E-state index in [1.807, 2.05) is 36.4 Å². The molecule has 0 atom stereocenters. The van der Waals surface area contributed by atoms with E-state index in [1.54, 1.807) is 43.3 Å². The number of rotatable bonds is 8. The predicted octanol–water partition coefficient (Wildman–Crippen LogP) is 4.53. The summed E-state index contributed by atoms with van der Waals surface area (Å²) < 4.78 is 16.4. The van der Waals surface area contributed by atoms with E-state index in [4.69, 9.17) is 14.2 Å². The zero-order valence-electron chi connectivity index (χ0n) is 19.2. The molecule has 3 aromatic carbocycles. The van der Waals surface area contributed by atoms with Crippen LogP contribution in [0.4, 0.5) is 11.4 Å². The molecule has 1 aliphatic heterocycles. The third kappa shape index (κ3) is 5.94. The molecular weight excluding hydrogens is 432 g/mol. The van der Waals surface area contributed by atoms with E-state index in [-0.39, 0.29) is 12.5 Å². The number of nitrogens with zero attached hydrogens (tertiary/aromatic N) is 1. The van der Waals surface area contributed by atoms with Crippen molar-refractivity contribution in [3.05, 3.63) is 89.5 Å². The van der Waals surface area contributed by atoms with Crippen LogP contribution >= 0.6 is 0 Å². The van der Waals surface area contributed by atoms with Crippen LogP contribution in [-0.2, 0) is 16.1 Å². The quantitative estimate of drug-likeness (QED) is 0.498. The lowest BCUT2D eigenvalue weighted by Crippen LogP contribution is -2.36. The molecule has 1 N–H and O–H groups in total. The van der Waals surface area contributed by atoms with E-state index in [0.29, 0.717) is 55.5 Å². The summed E-state index contributed by atoms with van der Waals surface area (Å²) in [6, 6.07) is 22.1. The number of anilines is 2. The van der Waals surface area contributed by atoms with Crippen LogP contribution in [0, 0.1) is 0 Å². The summed E-state index contributed by atoms with van der Waals surface area (Å²) >= 11 is 0. The molecule has 7 nitrogen and oxygen atoms in total. The minimum absolute atomic E-state index is 0.273. The number of amides is 1. The summed E-state index contributed by atoms with van der Waals surface area (Å²) in [4.78, 5) is 27.4. The lowest BCUT2D eigenvalue weighted by Gasteiger charge is -2.30. The van der Waals surface area contributed by atoms with Crippen LogP contribution in [0.3, 0.4) is 0 Å². The van der Waals surface area contributed by atoms with E-state index in [1.165, 1.54) is 0 Å². The molecule has 0 radical (unpaired) electrons. The van der Waals surface area contributed by atoms with E-state index in [0.717, 1.165) is 11.3 Å². The van der Waals surface area contributed by atoms with Crippen molar-refractivity contribution in [1.29, 1.82) is 0 Å². The Morgan fingerprint density at radius 2 is 1.65 bits per heavy atom. The first-order valence-corrected chi connectivity index (χ1v) is 11.4. The Hall–Kier alpha value is -3.84. The topological polar surface area (TPSA) is 77.1 Å². The van der Waals surface area contributed by atoms with Crippen LogP contribution in [-0.4, -0.2) is 44.8 Å². The normalized spacial score (nSPS) is 13.3. The van der Waals surface area contributed by atoms with Crippen LogP contribution in [0.1, 0.15) is 33.2 Å². The molecule has 0 spiro atoms. The molecule has 0 saturated carbocycles. The maximum atomic E-state index is 13.0. The second-order valence-corrected chi connectivity index (χ2v) is 7.80. The number of benzene rings is 3. The molecule has 0 unspecified atom stereocenters. The average molecular weight is 461 g/mol. The first kappa shape index (κ1) is 23.3. The first-order chi connectivity index (χ1) is 16.6. The number of esters is 1. The van der Waals surface area contributed by atoms with Crippen molar-refractivity contribution in [3.8, 4) is 5.75 Å². The molecule has 1 saturated heterocycles. The summed E-state index contributed by atoms with van der Waals surface area (Å²) in [5.74, 6) is -0.0183. The molecule has 0 bridgehead atoms. The monoisotopic (exact) mass is 460 g/mol. The second kappa shape index (κ2) is 11.3. The first-order valence-electron chi connectivity index (χ1n) is 11.4. The highest BCUT2D eigenvalue weighted by Gasteiger charge is 2.19. The molecule has 4 rings (SSSR count). The molecule has 0 aromatic heterocycles. The van der Waals surface area contributed by atoms with Crippen LogP contribution in [0.15, 0.2) is 72.8 Å². The Labute approximate surface area is 199 Å². The van der Waals surface area contributed by atoms with Gasteiger partial charge >= 0.3 is 5.97 Å². The van der Waals surface area contributed by atoms with Gasteiger partial charge in [-0.1, -0.05) is 30.3 Å². The Balaban J connectivity index is 1.49. The molecule has 1 fully saturated rings. The maximum absolute atomic E-state index is 13.0. The lowest BCUT2D eigenvalue weighted by atomic mass is 10.1. The smallest absolute Gasteiger partial charge is 0.338 e. The Morgan fingerprint density at radius 3 is 2.35 bits per heavy atom. The van der Waals surface area contributed by atoms with E-state index in [2.05, 4.69) is 10.2 Å². The van der Waals surface area contributed by atoms with Crippen LogP contribution in [0.25, 0.3) is 0 Å². The number of carbonyl (C=O) groups is 2. The SMILES string of the molecule is CCOC(=O)c1ccc(N2CCOCC2)c(NC(=O)c2ccc(OCc3ccccc3)cc2)c1. The van der Waals surface area contributed by atoms with Gasteiger partial charge in [0.25, 0.3) is 5.91 Å². The van der Waals surface area contributed by atoms with Crippen molar-refractivity contribution >= 4 is 23.3 Å². The fourth-order valence-electron chi connectivity index (χ4n) is 3.70. The lowest BCUT2D eigenvalue weighted by molar-refractivity contribution is 0.0526. The Kier molecular flexibility index (Phi) is 7.78. The maximum Gasteiger partial charge on any atom is 0.338 e. The fraction of sp³-hybridized carbons (Fsp3) is 0.259. The zero-order valence-corrected chi connectivity index (χ0v) is 19.2. The average Bonchev–Trinajstić information content (AvgIpc) is 2.89. The summed E-state index contributed by atoms with van der Waals surface area (Å²) in [6.45, 7) is 5.12. The highest BCUT2D eigenvalue weighted by Crippen LogP contribution is 2.29. The van der Waals surface area contributed by atoms with Gasteiger partial charge < -0.3 is 24.4 Å². The molecule has 34 heavy (non-hydrogen) atoms. The Morgan fingerprint density at radius 1 is 0.941 bits per heavy atom. The van der Waals surface area contributed by atoms with Crippen LogP contribution < -0.4 is 15.0 Å². The highest BCUT2D eigenvalue weighted by atomic mass is 16.5. The van der Waals surface area contributed by atoms with Crippen molar-refractivity contribution in [2.24, 2.45) is 0 Å². The number of hydrogen-bond acceptors (Lipinski definition) is 6. The highest BCUT2D eigenvalue weighted by molar-refractivity contribution is 6.07. The van der Waals surface area contributed by atoms with Gasteiger partial charge in [-0.2, -0.15) is 0 Å². The van der Waals surface area contributed by atoms with Gasteiger partial charge in [0.2, 0.25) is 0 Å². The molecular formula is C27H28N2O5. The van der Waals surface area contributed by atoms with Gasteiger partial charge in [0.1, 0.15) is 12.4 Å². The largest absolute Gasteiger partial charge is 0.489 e. The zero-order chi connectivity index (χ0) is 23.8. The second-order valence-electron chi connectivity index (χ2n) is 7.80. The minimum Gasteiger partial charge on any atom is -0.489 e. The Bertz CT molecular complexity index is 1110. The van der Waals surface area contributed by atoms with Crippen molar-refractivity contribution < 1.29 is 23.8 Å². The molecule has 7 heteroatoms. The van der Waals surface area contributed by atoms with E-state index < -0.39 is 5.97 Å². The summed E-state index contributed by atoms with van der Waals surface area (Å²) in [6.07, 6.45) is 0. The van der Waals surface area contributed by atoms with Crippen molar-refractivity contribution in [3.63, 3.8) is 0 Å². The van der Waals surface area contributed by atoms with Crippen LogP contribution in [0.5, 0.6) is 5.75 Å². The molecule has 1 heterocycles. The van der Waals surface area contributed by atoms with Crippen molar-refractivity contribution in [2.75, 3.05) is 43.1 Å². The van der Waals surface area contributed by atoms with Gasteiger partial charge in [-0.05, 0) is 55.0 Å². The summed E-state index contributed by atoms with van der Waals surface area (Å²) in [7, 11) is 0. The number of carbonyl (C=O) groups excluding carboxylic acids is 2. The van der Waals surface area contributed by atoms with E-state index >= 15 is 0 Å². The number of hydrogen-bond donors (Lipinski definition) is 1. The molecule has 176 valence electrons. The number of nitrogens with one attached hydrogen (secondary N) is 1.